The topological polar surface area (TPSA) is 39.6 Å². The van der Waals surface area contributed by atoms with E-state index in [2.05, 4.69) is 31.1 Å². The molecular weight excluding hydrogens is 220 g/mol. The Morgan fingerprint density at radius 3 is 2.56 bits per heavy atom. The number of nitrogens with one attached hydrogen (secondary N) is 1. The lowest BCUT2D eigenvalue weighted by molar-refractivity contribution is 0.564. The molecule has 1 N–H and O–H groups in total. The van der Waals surface area contributed by atoms with Crippen LogP contribution in [0.4, 0.5) is 0 Å². The number of rotatable bonds is 5. The molecule has 0 spiro atoms. The maximum atomic E-state index is 9.01. The fourth-order valence-corrected chi connectivity index (χ4v) is 2.70. The molecule has 1 heterocycles. The van der Waals surface area contributed by atoms with Crippen molar-refractivity contribution in [3.05, 3.63) is 35.5 Å². The molecule has 2 rings (SSSR count). The molecule has 0 aliphatic carbocycles. The molecule has 0 aliphatic heterocycles. The zero-order valence-corrected chi connectivity index (χ0v) is 11.2. The third-order valence-corrected chi connectivity index (χ3v) is 3.56. The molecule has 0 aliphatic rings. The first-order valence-corrected chi connectivity index (χ1v) is 6.81. The van der Waals surface area contributed by atoms with Gasteiger partial charge in [-0.3, -0.25) is 0 Å². The molecule has 94 valence electrons. The lowest BCUT2D eigenvalue weighted by Gasteiger charge is -2.14. The highest BCUT2D eigenvalue weighted by atomic mass is 14.7. The van der Waals surface area contributed by atoms with E-state index in [4.69, 9.17) is 5.26 Å². The van der Waals surface area contributed by atoms with Crippen LogP contribution in [-0.2, 0) is 0 Å². The monoisotopic (exact) mass is 240 g/mol. The molecule has 0 bridgehead atoms. The van der Waals surface area contributed by atoms with Crippen molar-refractivity contribution in [2.75, 3.05) is 0 Å². The van der Waals surface area contributed by atoms with Crippen molar-refractivity contribution in [1.29, 1.82) is 5.26 Å². The number of hydrogen-bond donors (Lipinski definition) is 1. The predicted molar refractivity (Wildman–Crippen MR) is 75.6 cm³/mol. The minimum Gasteiger partial charge on any atom is -0.361 e. The summed E-state index contributed by atoms with van der Waals surface area (Å²) in [5.41, 5.74) is 3.27. The molecule has 1 aromatic heterocycles. The second-order valence-electron chi connectivity index (χ2n) is 4.89. The highest BCUT2D eigenvalue weighted by molar-refractivity contribution is 5.85. The van der Waals surface area contributed by atoms with Crippen LogP contribution in [0.1, 0.15) is 56.6 Å². The summed E-state index contributed by atoms with van der Waals surface area (Å²) < 4.78 is 0. The van der Waals surface area contributed by atoms with Gasteiger partial charge in [0.05, 0.1) is 11.6 Å². The van der Waals surface area contributed by atoms with Crippen LogP contribution in [0.3, 0.4) is 0 Å². The lowest BCUT2D eigenvalue weighted by atomic mass is 9.90. The predicted octanol–water partition coefficient (Wildman–Crippen LogP) is 4.72. The summed E-state index contributed by atoms with van der Waals surface area (Å²) in [4.78, 5) is 3.33. The van der Waals surface area contributed by atoms with E-state index in [1.807, 2.05) is 18.2 Å². The van der Waals surface area contributed by atoms with Crippen molar-refractivity contribution >= 4 is 10.9 Å². The smallest absolute Gasteiger partial charge is 0.0991 e. The highest BCUT2D eigenvalue weighted by Crippen LogP contribution is 2.32. The van der Waals surface area contributed by atoms with Gasteiger partial charge >= 0.3 is 0 Å². The van der Waals surface area contributed by atoms with Crippen LogP contribution in [0.15, 0.2) is 24.4 Å². The standard InChI is InChI=1S/C16H20N2/c1-3-5-13(6-4-2)15-11-18-16-8-7-12(10-17)9-14(15)16/h7-9,11,13,18H,3-6H2,1-2H3. The van der Waals surface area contributed by atoms with Crippen molar-refractivity contribution in [3.8, 4) is 6.07 Å². The van der Waals surface area contributed by atoms with E-state index in [0.29, 0.717) is 5.92 Å². The number of H-pyrrole nitrogens is 1. The van der Waals surface area contributed by atoms with Crippen LogP contribution in [0.5, 0.6) is 0 Å². The normalized spacial score (nSPS) is 11.0. The highest BCUT2D eigenvalue weighted by Gasteiger charge is 2.14. The first-order valence-electron chi connectivity index (χ1n) is 6.81. The molecule has 0 unspecified atom stereocenters. The second kappa shape index (κ2) is 5.73. The van der Waals surface area contributed by atoms with E-state index in [0.717, 1.165) is 11.1 Å². The summed E-state index contributed by atoms with van der Waals surface area (Å²) in [6.07, 6.45) is 6.97. The molecule has 2 nitrogen and oxygen atoms in total. The summed E-state index contributed by atoms with van der Waals surface area (Å²) in [6.45, 7) is 4.47. The van der Waals surface area contributed by atoms with E-state index >= 15 is 0 Å². The van der Waals surface area contributed by atoms with Gasteiger partial charge in [-0.25, -0.2) is 0 Å². The Balaban J connectivity index is 2.45. The van der Waals surface area contributed by atoms with Crippen LogP contribution in [0.2, 0.25) is 0 Å². The van der Waals surface area contributed by atoms with Crippen molar-refractivity contribution in [3.63, 3.8) is 0 Å². The van der Waals surface area contributed by atoms with Gasteiger partial charge in [-0.1, -0.05) is 26.7 Å². The first kappa shape index (κ1) is 12.7. The van der Waals surface area contributed by atoms with Crippen LogP contribution < -0.4 is 0 Å². The zero-order chi connectivity index (χ0) is 13.0. The fraction of sp³-hybridized carbons (Fsp3) is 0.438. The minimum atomic E-state index is 0.614. The molecule has 2 heteroatoms. The molecule has 1 aromatic carbocycles. The van der Waals surface area contributed by atoms with Gasteiger partial charge in [-0.2, -0.15) is 5.26 Å². The molecule has 0 fully saturated rings. The maximum Gasteiger partial charge on any atom is 0.0991 e. The van der Waals surface area contributed by atoms with Crippen molar-refractivity contribution in [1.82, 2.24) is 4.98 Å². The van der Waals surface area contributed by atoms with Crippen LogP contribution >= 0.6 is 0 Å². The summed E-state index contributed by atoms with van der Waals surface area (Å²) in [6, 6.07) is 8.12. The number of aromatic nitrogens is 1. The molecule has 0 saturated carbocycles. The van der Waals surface area contributed by atoms with Crippen molar-refractivity contribution < 1.29 is 0 Å². The summed E-state index contributed by atoms with van der Waals surface area (Å²) >= 11 is 0. The van der Waals surface area contributed by atoms with E-state index in [1.165, 1.54) is 36.6 Å². The Labute approximate surface area is 109 Å². The van der Waals surface area contributed by atoms with Crippen molar-refractivity contribution in [2.45, 2.75) is 45.4 Å². The van der Waals surface area contributed by atoms with Gasteiger partial charge in [0.15, 0.2) is 0 Å². The second-order valence-corrected chi connectivity index (χ2v) is 4.89. The lowest BCUT2D eigenvalue weighted by Crippen LogP contribution is -1.97. The number of nitriles is 1. The van der Waals surface area contributed by atoms with Gasteiger partial charge < -0.3 is 4.98 Å². The largest absolute Gasteiger partial charge is 0.361 e. The Morgan fingerprint density at radius 2 is 1.94 bits per heavy atom. The average Bonchev–Trinajstić information content (AvgIpc) is 2.81. The molecular formula is C16H20N2. The Hall–Kier alpha value is -1.75. The Morgan fingerprint density at radius 1 is 1.22 bits per heavy atom. The van der Waals surface area contributed by atoms with Gasteiger partial charge in [-0.15, -0.1) is 0 Å². The van der Waals surface area contributed by atoms with Gasteiger partial charge in [0.25, 0.3) is 0 Å². The number of hydrogen-bond acceptors (Lipinski definition) is 1. The summed E-state index contributed by atoms with van der Waals surface area (Å²) in [7, 11) is 0. The van der Waals surface area contributed by atoms with E-state index < -0.39 is 0 Å². The Bertz CT molecular complexity index is 554. The van der Waals surface area contributed by atoms with Gasteiger partial charge in [0.2, 0.25) is 0 Å². The molecule has 0 amide bonds. The van der Waals surface area contributed by atoms with Gasteiger partial charge in [-0.05, 0) is 42.5 Å². The number of benzene rings is 1. The quantitative estimate of drug-likeness (QED) is 0.806. The van der Waals surface area contributed by atoms with Gasteiger partial charge in [0, 0.05) is 17.1 Å². The van der Waals surface area contributed by atoms with E-state index in [1.54, 1.807) is 0 Å². The van der Waals surface area contributed by atoms with Crippen molar-refractivity contribution in [2.24, 2.45) is 0 Å². The number of fused-ring (bicyclic) bond motifs is 1. The molecule has 0 radical (unpaired) electrons. The zero-order valence-electron chi connectivity index (χ0n) is 11.2. The third kappa shape index (κ3) is 2.41. The fourth-order valence-electron chi connectivity index (χ4n) is 2.70. The molecule has 18 heavy (non-hydrogen) atoms. The maximum absolute atomic E-state index is 9.01. The summed E-state index contributed by atoms with van der Waals surface area (Å²) in [5, 5.41) is 10.2. The third-order valence-electron chi connectivity index (χ3n) is 3.56. The number of aromatic amines is 1. The Kier molecular flexibility index (Phi) is 4.04. The van der Waals surface area contributed by atoms with Gasteiger partial charge in [0.1, 0.15) is 0 Å². The average molecular weight is 240 g/mol. The molecule has 0 atom stereocenters. The first-order chi connectivity index (χ1) is 8.80. The van der Waals surface area contributed by atoms with Crippen LogP contribution in [-0.4, -0.2) is 4.98 Å². The molecule has 2 aromatic rings. The van der Waals surface area contributed by atoms with Crippen LogP contribution in [0, 0.1) is 11.3 Å². The number of nitrogens with zero attached hydrogens (tertiary/aromatic N) is 1. The minimum absolute atomic E-state index is 0.614. The van der Waals surface area contributed by atoms with E-state index in [-0.39, 0.29) is 0 Å². The van der Waals surface area contributed by atoms with Crippen LogP contribution in [0.25, 0.3) is 10.9 Å². The molecule has 0 saturated heterocycles. The van der Waals surface area contributed by atoms with E-state index in [9.17, 15) is 0 Å². The SMILES string of the molecule is CCCC(CCC)c1c[nH]c2ccc(C#N)cc12. The summed E-state index contributed by atoms with van der Waals surface area (Å²) in [5.74, 6) is 0.614.